The molecule has 1 saturated heterocycles. The molecule has 4 aromatic rings. The van der Waals surface area contributed by atoms with Crippen LogP contribution in [0.15, 0.2) is 76.9 Å². The monoisotopic (exact) mass is 428 g/mol. The fourth-order valence-corrected chi connectivity index (χ4v) is 4.12. The Kier molecular flexibility index (Phi) is 4.59. The number of aryl methyl sites for hydroxylation is 1. The van der Waals surface area contributed by atoms with Gasteiger partial charge in [0.25, 0.3) is 11.7 Å². The zero-order valence-electron chi connectivity index (χ0n) is 17.5. The molecule has 2 aromatic carbocycles. The van der Waals surface area contributed by atoms with Gasteiger partial charge in [-0.05, 0) is 49.4 Å². The van der Waals surface area contributed by atoms with Crippen LogP contribution in [0.2, 0.25) is 0 Å². The predicted molar refractivity (Wildman–Crippen MR) is 120 cm³/mol. The number of aromatic nitrogens is 1. The molecule has 1 aliphatic heterocycles. The molecule has 1 fully saturated rings. The second-order valence-corrected chi connectivity index (χ2v) is 7.56. The van der Waals surface area contributed by atoms with Crippen molar-refractivity contribution in [3.8, 4) is 5.75 Å². The van der Waals surface area contributed by atoms with Gasteiger partial charge in [-0.3, -0.25) is 14.5 Å². The molecule has 5 rings (SSSR count). The summed E-state index contributed by atoms with van der Waals surface area (Å²) < 4.78 is 11.0. The average molecular weight is 428 g/mol. The first-order valence-electron chi connectivity index (χ1n) is 10.1. The number of fused-ring (bicyclic) bond motifs is 1. The number of rotatable bonds is 4. The van der Waals surface area contributed by atoms with Gasteiger partial charge in [0.15, 0.2) is 0 Å². The molecule has 0 aliphatic carbocycles. The SMILES string of the molecule is COc1ccc(N2C(=O)C(=O)/C(=C(\O)c3c[nH]c4ccccc34)C2c2ccc(C)o2)cc1. The third kappa shape index (κ3) is 2.98. The molecule has 2 aromatic heterocycles. The van der Waals surface area contributed by atoms with Gasteiger partial charge in [-0.2, -0.15) is 0 Å². The Hall–Kier alpha value is -4.26. The van der Waals surface area contributed by atoms with Crippen molar-refractivity contribution in [2.24, 2.45) is 0 Å². The number of anilines is 1. The summed E-state index contributed by atoms with van der Waals surface area (Å²) in [4.78, 5) is 30.8. The number of aromatic amines is 1. The van der Waals surface area contributed by atoms with Crippen LogP contribution < -0.4 is 9.64 Å². The number of methoxy groups -OCH3 is 1. The van der Waals surface area contributed by atoms with Crippen LogP contribution in [-0.2, 0) is 9.59 Å². The number of aliphatic hydroxyl groups excluding tert-OH is 1. The number of carbonyl (C=O) groups is 2. The summed E-state index contributed by atoms with van der Waals surface area (Å²) in [6, 6.07) is 16.8. The molecule has 1 atom stereocenters. The first kappa shape index (κ1) is 19.7. The van der Waals surface area contributed by atoms with Gasteiger partial charge in [0.2, 0.25) is 0 Å². The van der Waals surface area contributed by atoms with E-state index in [9.17, 15) is 14.7 Å². The number of ketones is 1. The molecule has 32 heavy (non-hydrogen) atoms. The van der Waals surface area contributed by atoms with Crippen molar-refractivity contribution in [2.45, 2.75) is 13.0 Å². The van der Waals surface area contributed by atoms with Crippen LogP contribution in [0.3, 0.4) is 0 Å². The van der Waals surface area contributed by atoms with Crippen molar-refractivity contribution in [3.05, 3.63) is 89.5 Å². The van der Waals surface area contributed by atoms with Gasteiger partial charge in [-0.1, -0.05) is 18.2 Å². The number of ether oxygens (including phenoxy) is 1. The number of Topliss-reactive ketones (excluding diaryl/α,β-unsaturated/α-hetero) is 1. The second-order valence-electron chi connectivity index (χ2n) is 7.56. The molecule has 0 bridgehead atoms. The van der Waals surface area contributed by atoms with E-state index in [1.165, 1.54) is 4.90 Å². The van der Waals surface area contributed by atoms with Crippen molar-refractivity contribution in [2.75, 3.05) is 12.0 Å². The number of furan rings is 1. The molecule has 1 amide bonds. The maximum absolute atomic E-state index is 13.2. The summed E-state index contributed by atoms with van der Waals surface area (Å²) in [5.41, 5.74) is 1.72. The van der Waals surface area contributed by atoms with E-state index in [2.05, 4.69) is 4.98 Å². The summed E-state index contributed by atoms with van der Waals surface area (Å²) in [6.45, 7) is 1.78. The molecular formula is C25H20N2O5. The van der Waals surface area contributed by atoms with E-state index in [4.69, 9.17) is 9.15 Å². The highest BCUT2D eigenvalue weighted by atomic mass is 16.5. The maximum atomic E-state index is 13.2. The Morgan fingerprint density at radius 2 is 1.81 bits per heavy atom. The number of H-pyrrole nitrogens is 1. The van der Waals surface area contributed by atoms with Gasteiger partial charge < -0.3 is 19.2 Å². The summed E-state index contributed by atoms with van der Waals surface area (Å²) in [5.74, 6) is -0.130. The molecular weight excluding hydrogens is 408 g/mol. The summed E-state index contributed by atoms with van der Waals surface area (Å²) in [7, 11) is 1.55. The van der Waals surface area contributed by atoms with Crippen LogP contribution in [0.25, 0.3) is 16.7 Å². The minimum atomic E-state index is -0.911. The van der Waals surface area contributed by atoms with Gasteiger partial charge in [0.05, 0.1) is 12.7 Å². The number of amides is 1. The van der Waals surface area contributed by atoms with Crippen molar-refractivity contribution in [1.29, 1.82) is 0 Å². The average Bonchev–Trinajstić information content (AvgIpc) is 3.50. The molecule has 160 valence electrons. The third-order valence-electron chi connectivity index (χ3n) is 5.67. The highest BCUT2D eigenvalue weighted by Crippen LogP contribution is 2.43. The normalized spacial score (nSPS) is 17.9. The number of nitrogens with one attached hydrogen (secondary N) is 1. The Balaban J connectivity index is 1.72. The van der Waals surface area contributed by atoms with Gasteiger partial charge in [-0.25, -0.2) is 0 Å². The number of para-hydroxylation sites is 1. The van der Waals surface area contributed by atoms with Gasteiger partial charge >= 0.3 is 0 Å². The molecule has 1 unspecified atom stereocenters. The number of aliphatic hydroxyl groups is 1. The Morgan fingerprint density at radius 1 is 1.06 bits per heavy atom. The van der Waals surface area contributed by atoms with Gasteiger partial charge in [-0.15, -0.1) is 0 Å². The van der Waals surface area contributed by atoms with E-state index in [1.807, 2.05) is 24.3 Å². The molecule has 2 N–H and O–H groups in total. The number of benzene rings is 2. The Bertz CT molecular complexity index is 1380. The van der Waals surface area contributed by atoms with E-state index in [1.54, 1.807) is 56.6 Å². The molecule has 1 aliphatic rings. The lowest BCUT2D eigenvalue weighted by Gasteiger charge is -2.23. The first-order chi connectivity index (χ1) is 15.5. The van der Waals surface area contributed by atoms with E-state index in [-0.39, 0.29) is 11.3 Å². The topological polar surface area (TPSA) is 95.8 Å². The van der Waals surface area contributed by atoms with Gasteiger partial charge in [0.1, 0.15) is 29.1 Å². The van der Waals surface area contributed by atoms with Crippen molar-refractivity contribution in [3.63, 3.8) is 0 Å². The van der Waals surface area contributed by atoms with E-state index < -0.39 is 17.7 Å². The lowest BCUT2D eigenvalue weighted by molar-refractivity contribution is -0.132. The van der Waals surface area contributed by atoms with Crippen LogP contribution in [0.1, 0.15) is 23.1 Å². The van der Waals surface area contributed by atoms with Crippen LogP contribution in [0.4, 0.5) is 5.69 Å². The van der Waals surface area contributed by atoms with E-state index in [0.717, 1.165) is 10.9 Å². The Morgan fingerprint density at radius 3 is 2.50 bits per heavy atom. The summed E-state index contributed by atoms with van der Waals surface area (Å²) in [5, 5.41) is 12.0. The minimum Gasteiger partial charge on any atom is -0.507 e. The van der Waals surface area contributed by atoms with Crippen LogP contribution >= 0.6 is 0 Å². The van der Waals surface area contributed by atoms with Crippen molar-refractivity contribution >= 4 is 34.0 Å². The van der Waals surface area contributed by atoms with E-state index >= 15 is 0 Å². The molecule has 0 radical (unpaired) electrons. The fraction of sp³-hybridized carbons (Fsp3) is 0.120. The maximum Gasteiger partial charge on any atom is 0.300 e. The lowest BCUT2D eigenvalue weighted by atomic mass is 9.99. The largest absolute Gasteiger partial charge is 0.507 e. The van der Waals surface area contributed by atoms with Crippen molar-refractivity contribution in [1.82, 2.24) is 4.98 Å². The summed E-state index contributed by atoms with van der Waals surface area (Å²) in [6.07, 6.45) is 1.63. The molecule has 0 spiro atoms. The number of hydrogen-bond donors (Lipinski definition) is 2. The van der Waals surface area contributed by atoms with Gasteiger partial charge in [0, 0.05) is 28.4 Å². The number of nitrogens with zero attached hydrogens (tertiary/aromatic N) is 1. The molecule has 7 nitrogen and oxygen atoms in total. The zero-order chi connectivity index (χ0) is 22.4. The molecule has 7 heteroatoms. The van der Waals surface area contributed by atoms with Crippen LogP contribution in [0.5, 0.6) is 5.75 Å². The van der Waals surface area contributed by atoms with Crippen molar-refractivity contribution < 1.29 is 23.8 Å². The smallest absolute Gasteiger partial charge is 0.300 e. The lowest BCUT2D eigenvalue weighted by Crippen LogP contribution is -2.29. The summed E-state index contributed by atoms with van der Waals surface area (Å²) >= 11 is 0. The number of hydrogen-bond acceptors (Lipinski definition) is 5. The van der Waals surface area contributed by atoms with E-state index in [0.29, 0.717) is 28.5 Å². The number of carbonyl (C=O) groups excluding carboxylic acids is 2. The quantitative estimate of drug-likeness (QED) is 0.279. The minimum absolute atomic E-state index is 0.0232. The highest BCUT2D eigenvalue weighted by Gasteiger charge is 2.48. The second kappa shape index (κ2) is 7.46. The van der Waals surface area contributed by atoms with Crippen LogP contribution in [0, 0.1) is 6.92 Å². The Labute approximate surface area is 183 Å². The third-order valence-corrected chi connectivity index (χ3v) is 5.67. The first-order valence-corrected chi connectivity index (χ1v) is 10.1. The zero-order valence-corrected chi connectivity index (χ0v) is 17.5. The van der Waals surface area contributed by atoms with Crippen LogP contribution in [-0.4, -0.2) is 28.9 Å². The fourth-order valence-electron chi connectivity index (χ4n) is 4.12. The molecule has 0 saturated carbocycles. The highest BCUT2D eigenvalue weighted by molar-refractivity contribution is 6.51. The molecule has 3 heterocycles. The standard InChI is InChI=1S/C25H20N2O5/c1-14-7-12-20(32-14)22-21(23(28)18-13-26-19-6-4-3-5-17(18)19)24(29)25(30)27(22)15-8-10-16(31-2)11-9-15/h3-13,22,26,28H,1-2H3/b23-21-. The predicted octanol–water partition coefficient (Wildman–Crippen LogP) is 4.70.